The van der Waals surface area contributed by atoms with E-state index in [0.717, 1.165) is 40.6 Å². The molecular weight excluding hydrogens is 347 g/mol. The first-order chi connectivity index (χ1) is 13.6. The zero-order valence-electron chi connectivity index (χ0n) is 17.7. The molecule has 4 aliphatic carbocycles. The molecule has 0 bridgehead atoms. The van der Waals surface area contributed by atoms with Crippen LogP contribution in [0.5, 0.6) is 0 Å². The van der Waals surface area contributed by atoms with Crippen LogP contribution in [0.25, 0.3) is 0 Å². The van der Waals surface area contributed by atoms with E-state index in [1.165, 1.54) is 57.8 Å². The molecule has 0 saturated heterocycles. The van der Waals surface area contributed by atoms with Crippen molar-refractivity contribution in [2.75, 3.05) is 11.7 Å². The van der Waals surface area contributed by atoms with Crippen molar-refractivity contribution >= 4 is 5.69 Å². The molecule has 1 aromatic rings. The minimum atomic E-state index is 0.336. The summed E-state index contributed by atoms with van der Waals surface area (Å²) in [5, 5.41) is 0.969. The lowest BCUT2D eigenvalue weighted by Gasteiger charge is -2.56. The second-order valence-electron chi connectivity index (χ2n) is 10.9. The van der Waals surface area contributed by atoms with E-state index in [4.69, 9.17) is 0 Å². The molecule has 4 aliphatic rings. The van der Waals surface area contributed by atoms with E-state index < -0.39 is 0 Å². The summed E-state index contributed by atoms with van der Waals surface area (Å²) >= 11 is 0. The zero-order valence-corrected chi connectivity index (χ0v) is 17.7. The fourth-order valence-corrected chi connectivity index (χ4v) is 8.29. The van der Waals surface area contributed by atoms with E-state index >= 15 is 0 Å². The molecule has 8 unspecified atom stereocenters. The van der Waals surface area contributed by atoms with Crippen molar-refractivity contribution in [1.82, 2.24) is 4.98 Å². The number of fused-ring (bicyclic) bond motifs is 5. The summed E-state index contributed by atoms with van der Waals surface area (Å²) in [5.41, 5.74) is 0.947. The molecule has 0 spiro atoms. The van der Waals surface area contributed by atoms with Crippen LogP contribution in [0.2, 0.25) is 0 Å². The second kappa shape index (κ2) is 7.29. The Hall–Kier alpha value is -1.12. The first-order valence-corrected chi connectivity index (χ1v) is 11.9. The van der Waals surface area contributed by atoms with Gasteiger partial charge in [0, 0.05) is 6.20 Å². The number of halogens is 1. The lowest BCUT2D eigenvalue weighted by atomic mass is 9.49. The molecule has 5 rings (SSSR count). The SMILES string of the molecule is CC1CCC2C(CCC3C2CCC2(C)C(CN(F)c4cccnc4)CCC32)C1. The Kier molecular flexibility index (Phi) is 4.92. The van der Waals surface area contributed by atoms with Crippen molar-refractivity contribution in [2.24, 2.45) is 46.8 Å². The third-order valence-electron chi connectivity index (χ3n) is 9.72. The predicted molar refractivity (Wildman–Crippen MR) is 112 cm³/mol. The Balaban J connectivity index is 1.30. The van der Waals surface area contributed by atoms with Gasteiger partial charge in [-0.3, -0.25) is 4.98 Å². The van der Waals surface area contributed by atoms with E-state index in [1.807, 2.05) is 12.1 Å². The molecule has 1 aromatic heterocycles. The van der Waals surface area contributed by atoms with Crippen LogP contribution in [-0.4, -0.2) is 11.5 Å². The van der Waals surface area contributed by atoms with Gasteiger partial charge in [0.05, 0.1) is 18.4 Å². The van der Waals surface area contributed by atoms with Crippen molar-refractivity contribution in [3.8, 4) is 0 Å². The van der Waals surface area contributed by atoms with Gasteiger partial charge in [0.1, 0.15) is 0 Å². The molecule has 28 heavy (non-hydrogen) atoms. The van der Waals surface area contributed by atoms with E-state index in [2.05, 4.69) is 18.8 Å². The summed E-state index contributed by atoms with van der Waals surface area (Å²) in [5.74, 6) is 6.18. The molecule has 0 amide bonds. The van der Waals surface area contributed by atoms with Gasteiger partial charge in [0.25, 0.3) is 0 Å². The molecule has 4 saturated carbocycles. The van der Waals surface area contributed by atoms with Crippen LogP contribution in [0.4, 0.5) is 10.2 Å². The lowest BCUT2D eigenvalue weighted by molar-refractivity contribution is -0.0668. The zero-order chi connectivity index (χ0) is 19.3. The highest BCUT2D eigenvalue weighted by Crippen LogP contribution is 2.64. The third-order valence-corrected chi connectivity index (χ3v) is 9.72. The van der Waals surface area contributed by atoms with Gasteiger partial charge in [-0.1, -0.05) is 24.7 Å². The summed E-state index contributed by atoms with van der Waals surface area (Å²) in [7, 11) is 0. The van der Waals surface area contributed by atoms with Crippen LogP contribution in [0.3, 0.4) is 0 Å². The summed E-state index contributed by atoms with van der Waals surface area (Å²) in [6.45, 7) is 5.52. The molecule has 1 heterocycles. The summed E-state index contributed by atoms with van der Waals surface area (Å²) in [4.78, 5) is 4.10. The quantitative estimate of drug-likeness (QED) is 0.541. The first kappa shape index (κ1) is 18.9. The van der Waals surface area contributed by atoms with Crippen LogP contribution in [0, 0.1) is 46.8 Å². The maximum Gasteiger partial charge on any atom is 0.0870 e. The Morgan fingerprint density at radius 2 is 1.93 bits per heavy atom. The number of anilines is 1. The highest BCUT2D eigenvalue weighted by molar-refractivity contribution is 5.40. The normalized spacial score (nSPS) is 45.0. The van der Waals surface area contributed by atoms with Gasteiger partial charge in [-0.2, -0.15) is 0 Å². The smallest absolute Gasteiger partial charge is 0.0870 e. The molecule has 0 aliphatic heterocycles. The van der Waals surface area contributed by atoms with Gasteiger partial charge < -0.3 is 0 Å². The van der Waals surface area contributed by atoms with Crippen LogP contribution in [0.1, 0.15) is 71.6 Å². The van der Waals surface area contributed by atoms with Gasteiger partial charge >= 0.3 is 0 Å². The molecule has 4 fully saturated rings. The average Bonchev–Trinajstić information content (AvgIpc) is 3.04. The fourth-order valence-electron chi connectivity index (χ4n) is 8.29. The van der Waals surface area contributed by atoms with Crippen molar-refractivity contribution in [3.63, 3.8) is 0 Å². The molecular formula is C25H37FN2. The summed E-state index contributed by atoms with van der Waals surface area (Å²) in [6, 6.07) is 3.67. The first-order valence-electron chi connectivity index (χ1n) is 11.9. The molecule has 154 valence electrons. The molecule has 3 heteroatoms. The maximum atomic E-state index is 14.9. The molecule has 2 nitrogen and oxygen atoms in total. The number of hydrogen-bond donors (Lipinski definition) is 0. The van der Waals surface area contributed by atoms with Crippen LogP contribution in [0.15, 0.2) is 24.5 Å². The van der Waals surface area contributed by atoms with Gasteiger partial charge in [-0.25, -0.2) is 5.12 Å². The highest BCUT2D eigenvalue weighted by Gasteiger charge is 2.57. The Labute approximate surface area is 170 Å². The number of aromatic nitrogens is 1. The van der Waals surface area contributed by atoms with E-state index in [9.17, 15) is 4.48 Å². The van der Waals surface area contributed by atoms with Gasteiger partial charge in [0.15, 0.2) is 0 Å². The molecule has 0 aromatic carbocycles. The predicted octanol–water partition coefficient (Wildman–Crippen LogP) is 6.68. The molecule has 0 N–H and O–H groups in total. The lowest BCUT2D eigenvalue weighted by Crippen LogP contribution is -2.49. The van der Waals surface area contributed by atoms with E-state index in [1.54, 1.807) is 12.4 Å². The standard InChI is InChI=1S/C25H37FN2/c1-17-5-8-21-18(14-17)6-9-23-22(21)11-12-25(2)19(7-10-24(23)25)16-28(26)20-4-3-13-27-15-20/h3-4,13,15,17-19,21-24H,5-12,14,16H2,1-2H3. The van der Waals surface area contributed by atoms with Gasteiger partial charge in [-0.15, -0.1) is 0 Å². The number of nitrogens with zero attached hydrogens (tertiary/aromatic N) is 2. The highest BCUT2D eigenvalue weighted by atomic mass is 19.2. The number of pyridine rings is 1. The van der Waals surface area contributed by atoms with E-state index in [-0.39, 0.29) is 0 Å². The van der Waals surface area contributed by atoms with Crippen molar-refractivity contribution < 1.29 is 4.48 Å². The molecule has 0 radical (unpaired) electrons. The Morgan fingerprint density at radius 3 is 2.75 bits per heavy atom. The van der Waals surface area contributed by atoms with Gasteiger partial charge in [0.2, 0.25) is 0 Å². The third kappa shape index (κ3) is 3.08. The minimum absolute atomic E-state index is 0.336. The van der Waals surface area contributed by atoms with Crippen molar-refractivity contribution in [1.29, 1.82) is 0 Å². The van der Waals surface area contributed by atoms with Crippen molar-refractivity contribution in [3.05, 3.63) is 24.5 Å². The number of hydrogen-bond acceptors (Lipinski definition) is 2. The van der Waals surface area contributed by atoms with Crippen molar-refractivity contribution in [2.45, 2.75) is 71.6 Å². The monoisotopic (exact) mass is 384 g/mol. The Bertz CT molecular complexity index is 678. The molecule has 8 atom stereocenters. The number of rotatable bonds is 3. The maximum absolute atomic E-state index is 14.9. The van der Waals surface area contributed by atoms with E-state index in [0.29, 0.717) is 23.6 Å². The largest absolute Gasteiger partial charge is 0.262 e. The van der Waals surface area contributed by atoms with Crippen LogP contribution in [-0.2, 0) is 0 Å². The average molecular weight is 385 g/mol. The summed E-state index contributed by atoms with van der Waals surface area (Å²) in [6.07, 6.45) is 16.0. The second-order valence-corrected chi connectivity index (χ2v) is 10.9. The topological polar surface area (TPSA) is 16.1 Å². The summed E-state index contributed by atoms with van der Waals surface area (Å²) < 4.78 is 14.9. The van der Waals surface area contributed by atoms with Crippen LogP contribution >= 0.6 is 0 Å². The minimum Gasteiger partial charge on any atom is -0.262 e. The van der Waals surface area contributed by atoms with Crippen LogP contribution < -0.4 is 5.12 Å². The van der Waals surface area contributed by atoms with Gasteiger partial charge in [-0.05, 0) is 110 Å². The Morgan fingerprint density at radius 1 is 1.07 bits per heavy atom. The fraction of sp³-hybridized carbons (Fsp3) is 0.800.